The molecule has 1 aromatic rings. The van der Waals surface area contributed by atoms with Crippen molar-refractivity contribution in [3.05, 3.63) is 35.6 Å². The van der Waals surface area contributed by atoms with Crippen molar-refractivity contribution in [1.82, 2.24) is 10.2 Å². The quantitative estimate of drug-likeness (QED) is 0.860. The van der Waals surface area contributed by atoms with Gasteiger partial charge in [0.2, 0.25) is 5.91 Å². The lowest BCUT2D eigenvalue weighted by Crippen LogP contribution is -2.30. The predicted molar refractivity (Wildman–Crippen MR) is 63.9 cm³/mol. The molecule has 1 atom stereocenters. The average Bonchev–Trinajstić information content (AvgIpc) is 2.76. The Bertz CT molecular complexity index is 408. The van der Waals surface area contributed by atoms with Gasteiger partial charge in [0.15, 0.2) is 0 Å². The molecule has 1 aromatic carbocycles. The Morgan fingerprint density at radius 3 is 3.12 bits per heavy atom. The van der Waals surface area contributed by atoms with Gasteiger partial charge in [-0.1, -0.05) is 12.1 Å². The monoisotopic (exact) mass is 236 g/mol. The first-order valence-electron chi connectivity index (χ1n) is 5.87. The Morgan fingerprint density at radius 1 is 1.59 bits per heavy atom. The summed E-state index contributed by atoms with van der Waals surface area (Å²) in [4.78, 5) is 13.7. The number of likely N-dealkylation sites (tertiary alicyclic amines) is 1. The minimum Gasteiger partial charge on any atom is -0.359 e. The summed E-state index contributed by atoms with van der Waals surface area (Å²) in [5.74, 6) is -0.0233. The van der Waals surface area contributed by atoms with Gasteiger partial charge in [-0.25, -0.2) is 4.39 Å². The van der Waals surface area contributed by atoms with Crippen LogP contribution in [0, 0.1) is 11.7 Å². The number of hydrogen-bond donors (Lipinski definition) is 1. The third-order valence-corrected chi connectivity index (χ3v) is 3.18. The van der Waals surface area contributed by atoms with Crippen LogP contribution in [0.5, 0.6) is 0 Å². The van der Waals surface area contributed by atoms with Gasteiger partial charge < -0.3 is 5.32 Å². The fourth-order valence-corrected chi connectivity index (χ4v) is 2.29. The number of hydrogen-bond acceptors (Lipinski definition) is 2. The van der Waals surface area contributed by atoms with Crippen molar-refractivity contribution in [2.75, 3.05) is 20.1 Å². The molecule has 0 aromatic heterocycles. The lowest BCUT2D eigenvalue weighted by Gasteiger charge is -2.15. The van der Waals surface area contributed by atoms with Crippen molar-refractivity contribution >= 4 is 5.91 Å². The molecular weight excluding hydrogens is 219 g/mol. The number of carbonyl (C=O) groups excluding carboxylic acids is 1. The average molecular weight is 236 g/mol. The number of nitrogens with one attached hydrogen (secondary N) is 1. The van der Waals surface area contributed by atoms with Gasteiger partial charge in [-0.2, -0.15) is 0 Å². The van der Waals surface area contributed by atoms with E-state index in [4.69, 9.17) is 0 Å². The first kappa shape index (κ1) is 12.0. The van der Waals surface area contributed by atoms with Crippen molar-refractivity contribution in [3.8, 4) is 0 Å². The first-order valence-corrected chi connectivity index (χ1v) is 5.87. The molecule has 3 nitrogen and oxygen atoms in total. The SMILES string of the molecule is CNC(=O)C1CCN(Cc2cccc(F)c2)C1. The molecule has 17 heavy (non-hydrogen) atoms. The zero-order valence-electron chi connectivity index (χ0n) is 9.95. The third kappa shape index (κ3) is 3.03. The molecule has 92 valence electrons. The Balaban J connectivity index is 1.92. The smallest absolute Gasteiger partial charge is 0.224 e. The van der Waals surface area contributed by atoms with Crippen LogP contribution in [0.25, 0.3) is 0 Å². The van der Waals surface area contributed by atoms with Crippen LogP contribution in [0.1, 0.15) is 12.0 Å². The molecule has 1 heterocycles. The molecule has 1 unspecified atom stereocenters. The van der Waals surface area contributed by atoms with Gasteiger partial charge in [-0.15, -0.1) is 0 Å². The molecule has 0 spiro atoms. The second kappa shape index (κ2) is 5.27. The van der Waals surface area contributed by atoms with Crippen LogP contribution in [0.3, 0.4) is 0 Å². The maximum Gasteiger partial charge on any atom is 0.224 e. The van der Waals surface area contributed by atoms with Gasteiger partial charge in [0.1, 0.15) is 5.82 Å². The van der Waals surface area contributed by atoms with E-state index in [0.29, 0.717) is 6.54 Å². The highest BCUT2D eigenvalue weighted by Gasteiger charge is 2.27. The topological polar surface area (TPSA) is 32.3 Å². The van der Waals surface area contributed by atoms with Crippen LogP contribution in [-0.4, -0.2) is 30.9 Å². The highest BCUT2D eigenvalue weighted by Crippen LogP contribution is 2.18. The van der Waals surface area contributed by atoms with Crippen LogP contribution in [0.15, 0.2) is 24.3 Å². The number of benzene rings is 1. The number of amides is 1. The van der Waals surface area contributed by atoms with E-state index in [9.17, 15) is 9.18 Å². The van der Waals surface area contributed by atoms with Crippen molar-refractivity contribution in [3.63, 3.8) is 0 Å². The minimum absolute atomic E-state index is 0.0774. The lowest BCUT2D eigenvalue weighted by molar-refractivity contribution is -0.124. The van der Waals surface area contributed by atoms with Crippen molar-refractivity contribution in [2.45, 2.75) is 13.0 Å². The minimum atomic E-state index is -0.204. The van der Waals surface area contributed by atoms with Gasteiger partial charge >= 0.3 is 0 Å². The van der Waals surface area contributed by atoms with E-state index >= 15 is 0 Å². The Hall–Kier alpha value is -1.42. The summed E-state index contributed by atoms with van der Waals surface area (Å²) < 4.78 is 13.0. The molecule has 0 radical (unpaired) electrons. The maximum atomic E-state index is 13.0. The lowest BCUT2D eigenvalue weighted by atomic mass is 10.1. The second-order valence-electron chi connectivity index (χ2n) is 4.46. The largest absolute Gasteiger partial charge is 0.359 e. The Kier molecular flexibility index (Phi) is 3.74. The molecule has 1 saturated heterocycles. The molecular formula is C13H17FN2O. The highest BCUT2D eigenvalue weighted by atomic mass is 19.1. The molecule has 1 amide bonds. The summed E-state index contributed by atoms with van der Waals surface area (Å²) >= 11 is 0. The third-order valence-electron chi connectivity index (χ3n) is 3.18. The molecule has 0 saturated carbocycles. The summed E-state index contributed by atoms with van der Waals surface area (Å²) in [5.41, 5.74) is 0.961. The summed E-state index contributed by atoms with van der Waals surface area (Å²) in [7, 11) is 1.66. The van der Waals surface area contributed by atoms with E-state index in [1.165, 1.54) is 6.07 Å². The van der Waals surface area contributed by atoms with E-state index in [1.807, 2.05) is 6.07 Å². The van der Waals surface area contributed by atoms with E-state index in [1.54, 1.807) is 19.2 Å². The summed E-state index contributed by atoms with van der Waals surface area (Å²) in [6, 6.07) is 6.63. The number of rotatable bonds is 3. The van der Waals surface area contributed by atoms with Crippen LogP contribution in [-0.2, 0) is 11.3 Å². The van der Waals surface area contributed by atoms with E-state index in [2.05, 4.69) is 10.2 Å². The molecule has 1 aliphatic rings. The predicted octanol–water partition coefficient (Wildman–Crippen LogP) is 1.39. The van der Waals surface area contributed by atoms with Crippen molar-refractivity contribution in [1.29, 1.82) is 0 Å². The molecule has 4 heteroatoms. The van der Waals surface area contributed by atoms with Crippen molar-refractivity contribution in [2.24, 2.45) is 5.92 Å². The fourth-order valence-electron chi connectivity index (χ4n) is 2.29. The molecule has 1 N–H and O–H groups in total. The van der Waals surface area contributed by atoms with Gasteiger partial charge in [0, 0.05) is 20.1 Å². The van der Waals surface area contributed by atoms with Gasteiger partial charge in [-0.3, -0.25) is 9.69 Å². The van der Waals surface area contributed by atoms with Crippen LogP contribution in [0.2, 0.25) is 0 Å². The second-order valence-corrected chi connectivity index (χ2v) is 4.46. The zero-order chi connectivity index (χ0) is 12.3. The van der Waals surface area contributed by atoms with Crippen LogP contribution in [0.4, 0.5) is 4.39 Å². The standard InChI is InChI=1S/C13H17FN2O/c1-15-13(17)11-5-6-16(9-11)8-10-3-2-4-12(14)7-10/h2-4,7,11H,5-6,8-9H2,1H3,(H,15,17). The number of carbonyl (C=O) groups is 1. The van der Waals surface area contributed by atoms with Crippen LogP contribution >= 0.6 is 0 Å². The van der Waals surface area contributed by atoms with Gasteiger partial charge in [-0.05, 0) is 30.7 Å². The molecule has 0 bridgehead atoms. The summed E-state index contributed by atoms with van der Waals surface area (Å²) in [6.07, 6.45) is 0.884. The number of halogens is 1. The molecule has 2 rings (SSSR count). The normalized spacial score (nSPS) is 20.5. The molecule has 1 aliphatic heterocycles. The van der Waals surface area contributed by atoms with Gasteiger partial charge in [0.05, 0.1) is 5.92 Å². The number of nitrogens with zero attached hydrogens (tertiary/aromatic N) is 1. The molecule has 0 aliphatic carbocycles. The molecule has 1 fully saturated rings. The van der Waals surface area contributed by atoms with E-state index in [0.717, 1.165) is 25.1 Å². The van der Waals surface area contributed by atoms with Crippen molar-refractivity contribution < 1.29 is 9.18 Å². The summed E-state index contributed by atoms with van der Waals surface area (Å²) in [5, 5.41) is 2.67. The maximum absolute atomic E-state index is 13.0. The summed E-state index contributed by atoms with van der Waals surface area (Å²) in [6.45, 7) is 2.37. The fraction of sp³-hybridized carbons (Fsp3) is 0.462. The van der Waals surface area contributed by atoms with E-state index in [-0.39, 0.29) is 17.6 Å². The Morgan fingerprint density at radius 2 is 2.41 bits per heavy atom. The van der Waals surface area contributed by atoms with E-state index < -0.39 is 0 Å². The highest BCUT2D eigenvalue weighted by molar-refractivity contribution is 5.78. The van der Waals surface area contributed by atoms with Crippen LogP contribution < -0.4 is 5.32 Å². The Labute approximate surface area is 101 Å². The van der Waals surface area contributed by atoms with Gasteiger partial charge in [0.25, 0.3) is 0 Å². The zero-order valence-corrected chi connectivity index (χ0v) is 9.95. The first-order chi connectivity index (χ1) is 8.19.